The molecule has 1 N–H and O–H groups in total. The highest BCUT2D eigenvalue weighted by molar-refractivity contribution is 14.1. The van der Waals surface area contributed by atoms with Gasteiger partial charge in [-0.15, -0.1) is 11.3 Å². The maximum Gasteiger partial charge on any atom is 0.350 e. The monoisotopic (exact) mass is 414 g/mol. The fourth-order valence-corrected chi connectivity index (χ4v) is 3.00. The Morgan fingerprint density at radius 2 is 2.00 bits per heavy atom. The predicted octanol–water partition coefficient (Wildman–Crippen LogP) is 4.28. The summed E-state index contributed by atoms with van der Waals surface area (Å²) in [6, 6.07) is 8.10. The summed E-state index contributed by atoms with van der Waals surface area (Å²) in [5.74, 6) is -0.349. The van der Waals surface area contributed by atoms with Crippen molar-refractivity contribution in [3.63, 3.8) is 0 Å². The first-order chi connectivity index (χ1) is 10.0. The molecular formula is C15H15IN2O2S. The van der Waals surface area contributed by atoms with Crippen molar-refractivity contribution in [2.45, 2.75) is 13.8 Å². The maximum absolute atomic E-state index is 11.7. The number of esters is 1. The molecule has 0 radical (unpaired) electrons. The molecule has 0 fully saturated rings. The van der Waals surface area contributed by atoms with Crippen LogP contribution in [0, 0.1) is 10.5 Å². The summed E-state index contributed by atoms with van der Waals surface area (Å²) in [6.07, 6.45) is 0. The second-order valence-electron chi connectivity index (χ2n) is 4.43. The molecule has 0 spiro atoms. The minimum atomic E-state index is -0.349. The molecule has 1 heterocycles. The molecule has 21 heavy (non-hydrogen) atoms. The van der Waals surface area contributed by atoms with E-state index >= 15 is 0 Å². The molecule has 1 aromatic heterocycles. The predicted molar refractivity (Wildman–Crippen MR) is 95.4 cm³/mol. The SMILES string of the molecule is COC(=O)c1scc(C)c1N/N=C(/C)c1ccc(I)cc1. The normalized spacial score (nSPS) is 11.3. The molecule has 0 atom stereocenters. The van der Waals surface area contributed by atoms with Gasteiger partial charge in [0.15, 0.2) is 0 Å². The Morgan fingerprint density at radius 1 is 1.33 bits per heavy atom. The highest BCUT2D eigenvalue weighted by Crippen LogP contribution is 2.28. The Kier molecular flexibility index (Phi) is 5.35. The van der Waals surface area contributed by atoms with E-state index in [-0.39, 0.29) is 5.97 Å². The van der Waals surface area contributed by atoms with Crippen molar-refractivity contribution in [3.8, 4) is 0 Å². The van der Waals surface area contributed by atoms with Crippen LogP contribution in [0.3, 0.4) is 0 Å². The van der Waals surface area contributed by atoms with E-state index in [1.54, 1.807) is 0 Å². The van der Waals surface area contributed by atoms with Crippen molar-refractivity contribution in [2.24, 2.45) is 5.10 Å². The third kappa shape index (κ3) is 3.82. The van der Waals surface area contributed by atoms with Gasteiger partial charge in [0.05, 0.1) is 18.5 Å². The van der Waals surface area contributed by atoms with E-state index in [1.165, 1.54) is 22.0 Å². The van der Waals surface area contributed by atoms with Gasteiger partial charge in [-0.1, -0.05) is 12.1 Å². The third-order valence-corrected chi connectivity index (χ3v) is 4.74. The second kappa shape index (κ2) is 7.04. The van der Waals surface area contributed by atoms with Gasteiger partial charge in [0.2, 0.25) is 0 Å². The largest absolute Gasteiger partial charge is 0.465 e. The first-order valence-electron chi connectivity index (χ1n) is 6.25. The molecular weight excluding hydrogens is 399 g/mol. The van der Waals surface area contributed by atoms with E-state index < -0.39 is 0 Å². The standard InChI is InChI=1S/C15H15IN2O2S/c1-9-8-21-14(15(19)20-3)13(9)18-17-10(2)11-4-6-12(16)7-5-11/h4-8,18H,1-3H3/b17-10-. The fourth-order valence-electron chi connectivity index (χ4n) is 1.72. The number of hydrogen-bond acceptors (Lipinski definition) is 5. The van der Waals surface area contributed by atoms with Gasteiger partial charge in [-0.2, -0.15) is 5.10 Å². The van der Waals surface area contributed by atoms with E-state index in [9.17, 15) is 4.79 Å². The van der Waals surface area contributed by atoms with E-state index in [2.05, 4.69) is 33.1 Å². The van der Waals surface area contributed by atoms with Crippen LogP contribution in [0.25, 0.3) is 0 Å². The van der Waals surface area contributed by atoms with Crippen LogP contribution >= 0.6 is 33.9 Å². The van der Waals surface area contributed by atoms with Gasteiger partial charge in [0, 0.05) is 3.57 Å². The summed E-state index contributed by atoms with van der Waals surface area (Å²) in [6.45, 7) is 3.86. The Morgan fingerprint density at radius 3 is 2.62 bits per heavy atom. The van der Waals surface area contributed by atoms with E-state index in [0.29, 0.717) is 10.6 Å². The molecule has 0 amide bonds. The first kappa shape index (κ1) is 16.0. The molecule has 0 saturated heterocycles. The highest BCUT2D eigenvalue weighted by atomic mass is 127. The number of anilines is 1. The van der Waals surface area contributed by atoms with Gasteiger partial charge < -0.3 is 4.74 Å². The molecule has 0 saturated carbocycles. The summed E-state index contributed by atoms with van der Waals surface area (Å²) in [5.41, 5.74) is 6.55. The number of carbonyl (C=O) groups excluding carboxylic acids is 1. The number of hydrogen-bond donors (Lipinski definition) is 1. The number of aryl methyl sites for hydroxylation is 1. The lowest BCUT2D eigenvalue weighted by Gasteiger charge is -2.06. The van der Waals surface area contributed by atoms with Crippen LogP contribution in [-0.4, -0.2) is 18.8 Å². The summed E-state index contributed by atoms with van der Waals surface area (Å²) in [4.78, 5) is 12.2. The fraction of sp³-hybridized carbons (Fsp3) is 0.200. The van der Waals surface area contributed by atoms with Crippen LogP contribution in [0.15, 0.2) is 34.7 Å². The average Bonchev–Trinajstić information content (AvgIpc) is 2.85. The molecule has 110 valence electrons. The van der Waals surface area contributed by atoms with Crippen molar-refractivity contribution >= 4 is 51.3 Å². The Labute approximate surface area is 141 Å². The molecule has 0 aliphatic carbocycles. The molecule has 4 nitrogen and oxygen atoms in total. The van der Waals surface area contributed by atoms with Gasteiger partial charge >= 0.3 is 5.97 Å². The number of methoxy groups -OCH3 is 1. The van der Waals surface area contributed by atoms with Crippen LogP contribution < -0.4 is 5.43 Å². The molecule has 0 unspecified atom stereocenters. The Hall–Kier alpha value is -1.41. The van der Waals surface area contributed by atoms with Gasteiger partial charge in [0.25, 0.3) is 0 Å². The lowest BCUT2D eigenvalue weighted by molar-refractivity contribution is 0.0607. The van der Waals surface area contributed by atoms with Crippen LogP contribution in [0.5, 0.6) is 0 Å². The quantitative estimate of drug-likeness (QED) is 0.352. The summed E-state index contributed by atoms with van der Waals surface area (Å²) in [7, 11) is 1.38. The zero-order valence-electron chi connectivity index (χ0n) is 11.9. The average molecular weight is 414 g/mol. The van der Waals surface area contributed by atoms with E-state index in [4.69, 9.17) is 4.74 Å². The molecule has 2 aromatic rings. The van der Waals surface area contributed by atoms with Gasteiger partial charge in [-0.25, -0.2) is 4.79 Å². The number of halogens is 1. The number of hydrazone groups is 1. The number of carbonyl (C=O) groups is 1. The molecule has 0 bridgehead atoms. The van der Waals surface area contributed by atoms with Crippen LogP contribution in [0.4, 0.5) is 5.69 Å². The number of thiophene rings is 1. The molecule has 0 aliphatic rings. The van der Waals surface area contributed by atoms with Crippen LogP contribution in [-0.2, 0) is 4.74 Å². The van der Waals surface area contributed by atoms with Crippen molar-refractivity contribution < 1.29 is 9.53 Å². The molecule has 2 rings (SSSR count). The van der Waals surface area contributed by atoms with Crippen LogP contribution in [0.1, 0.15) is 27.7 Å². The van der Waals surface area contributed by atoms with Crippen molar-refractivity contribution in [1.29, 1.82) is 0 Å². The number of nitrogens with zero attached hydrogens (tertiary/aromatic N) is 1. The van der Waals surface area contributed by atoms with Crippen molar-refractivity contribution in [3.05, 3.63) is 49.2 Å². The Bertz CT molecular complexity index is 677. The molecule has 0 aliphatic heterocycles. The zero-order valence-corrected chi connectivity index (χ0v) is 14.9. The van der Waals surface area contributed by atoms with E-state index in [1.807, 2.05) is 43.5 Å². The number of ether oxygens (including phenoxy) is 1. The maximum atomic E-state index is 11.7. The van der Waals surface area contributed by atoms with Crippen molar-refractivity contribution in [2.75, 3.05) is 12.5 Å². The third-order valence-electron chi connectivity index (χ3n) is 2.94. The number of nitrogens with one attached hydrogen (secondary N) is 1. The van der Waals surface area contributed by atoms with Gasteiger partial charge in [-0.3, -0.25) is 5.43 Å². The smallest absolute Gasteiger partial charge is 0.350 e. The topological polar surface area (TPSA) is 50.7 Å². The second-order valence-corrected chi connectivity index (χ2v) is 6.56. The van der Waals surface area contributed by atoms with E-state index in [0.717, 1.165) is 16.8 Å². The zero-order chi connectivity index (χ0) is 15.4. The Balaban J connectivity index is 2.22. The lowest BCUT2D eigenvalue weighted by Crippen LogP contribution is -2.05. The van der Waals surface area contributed by atoms with Gasteiger partial charge in [-0.05, 0) is 65.1 Å². The van der Waals surface area contributed by atoms with Crippen LogP contribution in [0.2, 0.25) is 0 Å². The minimum Gasteiger partial charge on any atom is -0.465 e. The summed E-state index contributed by atoms with van der Waals surface area (Å²) >= 11 is 3.62. The minimum absolute atomic E-state index is 0.349. The molecule has 1 aromatic carbocycles. The summed E-state index contributed by atoms with van der Waals surface area (Å²) < 4.78 is 5.96. The summed E-state index contributed by atoms with van der Waals surface area (Å²) in [5, 5.41) is 6.27. The molecule has 6 heteroatoms. The number of rotatable bonds is 4. The number of benzene rings is 1. The van der Waals surface area contributed by atoms with Crippen molar-refractivity contribution in [1.82, 2.24) is 0 Å². The lowest BCUT2D eigenvalue weighted by atomic mass is 10.1. The van der Waals surface area contributed by atoms with Gasteiger partial charge in [0.1, 0.15) is 4.88 Å². The highest BCUT2D eigenvalue weighted by Gasteiger charge is 2.16. The first-order valence-corrected chi connectivity index (χ1v) is 8.21.